The molecular formula is C20H16F3N3O5S. The maximum Gasteiger partial charge on any atom is 0.534 e. The second-order valence-corrected chi connectivity index (χ2v) is 8.46. The molecule has 168 valence electrons. The van der Waals surface area contributed by atoms with E-state index < -0.39 is 33.3 Å². The third-order valence-corrected chi connectivity index (χ3v) is 5.87. The van der Waals surface area contributed by atoms with Crippen LogP contribution in [0.4, 0.5) is 18.9 Å². The van der Waals surface area contributed by atoms with Crippen LogP contribution in [0.25, 0.3) is 0 Å². The molecule has 0 saturated carbocycles. The molecule has 1 aromatic heterocycles. The Hall–Kier alpha value is -3.46. The van der Waals surface area contributed by atoms with Crippen LogP contribution in [0.5, 0.6) is 11.6 Å². The topological polar surface area (TPSA) is 119 Å². The fourth-order valence-corrected chi connectivity index (χ4v) is 4.06. The number of ketones is 1. The second kappa shape index (κ2) is 8.23. The molecule has 0 bridgehead atoms. The molecule has 0 spiro atoms. The van der Waals surface area contributed by atoms with Crippen LogP contribution in [-0.2, 0) is 14.9 Å². The van der Waals surface area contributed by atoms with Crippen LogP contribution in [0.1, 0.15) is 36.5 Å². The molecule has 0 aliphatic carbocycles. The van der Waals surface area contributed by atoms with Crippen LogP contribution in [0.3, 0.4) is 0 Å². The van der Waals surface area contributed by atoms with E-state index in [4.69, 9.17) is 10.00 Å². The summed E-state index contributed by atoms with van der Waals surface area (Å²) in [6, 6.07) is 7.63. The maximum atomic E-state index is 13.0. The first-order chi connectivity index (χ1) is 14.9. The summed E-state index contributed by atoms with van der Waals surface area (Å²) in [5.74, 6) is -3.05. The molecule has 2 atom stereocenters. The Bertz CT molecular complexity index is 1270. The highest BCUT2D eigenvalue weighted by Crippen LogP contribution is 2.49. The van der Waals surface area contributed by atoms with Gasteiger partial charge in [-0.25, -0.2) is 4.98 Å². The number of methoxy groups -OCH3 is 1. The lowest BCUT2D eigenvalue weighted by atomic mass is 9.74. The van der Waals surface area contributed by atoms with E-state index in [1.54, 1.807) is 6.92 Å². The molecule has 12 heteroatoms. The lowest BCUT2D eigenvalue weighted by Crippen LogP contribution is -2.33. The molecule has 1 aliphatic rings. The van der Waals surface area contributed by atoms with E-state index in [0.717, 1.165) is 6.20 Å². The smallest absolute Gasteiger partial charge is 0.496 e. The Morgan fingerprint density at radius 2 is 1.94 bits per heavy atom. The van der Waals surface area contributed by atoms with Gasteiger partial charge in [-0.05, 0) is 32.0 Å². The molecule has 0 N–H and O–H groups in total. The number of carbonyl (C=O) groups is 1. The van der Waals surface area contributed by atoms with Crippen molar-refractivity contribution in [2.45, 2.75) is 25.3 Å². The molecule has 32 heavy (non-hydrogen) atoms. The van der Waals surface area contributed by atoms with E-state index in [2.05, 4.69) is 14.2 Å². The predicted octanol–water partition coefficient (Wildman–Crippen LogP) is 3.63. The highest BCUT2D eigenvalue weighted by atomic mass is 32.2. The number of hydrogen-bond donors (Lipinski definition) is 0. The fourth-order valence-electron chi connectivity index (χ4n) is 3.62. The number of alkyl halides is 3. The molecule has 0 saturated heterocycles. The number of aromatic nitrogens is 1. The maximum absolute atomic E-state index is 13.0. The third kappa shape index (κ3) is 4.03. The summed E-state index contributed by atoms with van der Waals surface area (Å²) >= 11 is 0. The number of Topliss-reactive ketones (excluding diaryl/α,β-unsaturated/α-hetero) is 1. The number of hydrogen-bond acceptors (Lipinski definition) is 8. The molecule has 8 nitrogen and oxygen atoms in total. The summed E-state index contributed by atoms with van der Waals surface area (Å²) in [6.07, 6.45) is 1.05. The minimum Gasteiger partial charge on any atom is -0.496 e. The summed E-state index contributed by atoms with van der Waals surface area (Å²) < 4.78 is 72.0. The first kappa shape index (κ1) is 23.2. The monoisotopic (exact) mass is 467 g/mol. The number of nitriles is 1. The van der Waals surface area contributed by atoms with Crippen molar-refractivity contribution < 1.29 is 35.3 Å². The number of carbonyl (C=O) groups excluding carboxylic acids is 1. The molecule has 0 fully saturated rings. The number of ether oxygens (including phenoxy) is 1. The molecule has 0 radical (unpaired) electrons. The standard InChI is InChI=1S/C20H16F3N3O5S/c1-10-16(11(2)27)17(13-5-4-12(9-24)8-15(13)30-3)18-14(26-10)6-7-25-19(18)31-32(28,29)20(21,22)23/h4-8,16-17H,1-3H3. The predicted molar refractivity (Wildman–Crippen MR) is 106 cm³/mol. The lowest BCUT2D eigenvalue weighted by molar-refractivity contribution is -0.119. The average Bonchev–Trinajstić information content (AvgIpc) is 2.71. The molecule has 1 aliphatic heterocycles. The van der Waals surface area contributed by atoms with Gasteiger partial charge < -0.3 is 8.92 Å². The third-order valence-electron chi connectivity index (χ3n) is 4.93. The van der Waals surface area contributed by atoms with Crippen LogP contribution in [-0.4, -0.2) is 37.5 Å². The minimum absolute atomic E-state index is 0.0961. The quantitative estimate of drug-likeness (QED) is 0.487. The number of pyridine rings is 1. The van der Waals surface area contributed by atoms with Crippen LogP contribution < -0.4 is 8.92 Å². The first-order valence-electron chi connectivity index (χ1n) is 9.04. The van der Waals surface area contributed by atoms with Gasteiger partial charge in [-0.1, -0.05) is 6.07 Å². The lowest BCUT2D eigenvalue weighted by Gasteiger charge is -2.32. The van der Waals surface area contributed by atoms with Crippen molar-refractivity contribution in [1.29, 1.82) is 5.26 Å². The number of benzene rings is 1. The molecule has 1 aromatic carbocycles. The number of halogens is 3. The molecular weight excluding hydrogens is 451 g/mol. The van der Waals surface area contributed by atoms with E-state index in [1.807, 2.05) is 6.07 Å². The van der Waals surface area contributed by atoms with E-state index in [-0.39, 0.29) is 28.3 Å². The van der Waals surface area contributed by atoms with Gasteiger partial charge in [0.25, 0.3) is 0 Å². The van der Waals surface area contributed by atoms with Gasteiger partial charge in [0.1, 0.15) is 11.5 Å². The molecule has 2 aromatic rings. The Morgan fingerprint density at radius 1 is 1.25 bits per heavy atom. The fraction of sp³-hybridized carbons (Fsp3) is 0.300. The summed E-state index contributed by atoms with van der Waals surface area (Å²) in [7, 11) is -4.72. The van der Waals surface area contributed by atoms with Gasteiger partial charge in [0.05, 0.1) is 35.9 Å². The van der Waals surface area contributed by atoms with Crippen molar-refractivity contribution in [3.63, 3.8) is 0 Å². The zero-order chi connectivity index (χ0) is 23.8. The molecule has 3 rings (SSSR count). The van der Waals surface area contributed by atoms with Crippen LogP contribution in [0.2, 0.25) is 0 Å². The summed E-state index contributed by atoms with van der Waals surface area (Å²) in [6.45, 7) is 2.85. The second-order valence-electron chi connectivity index (χ2n) is 6.92. The van der Waals surface area contributed by atoms with Crippen molar-refractivity contribution >= 4 is 27.3 Å². The van der Waals surface area contributed by atoms with Gasteiger partial charge in [-0.2, -0.15) is 26.9 Å². The van der Waals surface area contributed by atoms with Crippen LogP contribution in [0, 0.1) is 17.2 Å². The van der Waals surface area contributed by atoms with E-state index >= 15 is 0 Å². The summed E-state index contributed by atoms with van der Waals surface area (Å²) in [5.41, 5.74) is -4.78. The van der Waals surface area contributed by atoms with Crippen LogP contribution >= 0.6 is 0 Å². The highest BCUT2D eigenvalue weighted by molar-refractivity contribution is 7.87. The average molecular weight is 467 g/mol. The van der Waals surface area contributed by atoms with Crippen molar-refractivity contribution in [3.05, 3.63) is 47.2 Å². The Labute approximate surface area is 181 Å². The van der Waals surface area contributed by atoms with Gasteiger partial charge in [-0.3, -0.25) is 9.79 Å². The Morgan fingerprint density at radius 3 is 2.50 bits per heavy atom. The van der Waals surface area contributed by atoms with Gasteiger partial charge >= 0.3 is 15.6 Å². The number of aliphatic imine (C=N–C) groups is 1. The molecule has 0 amide bonds. The molecule has 2 unspecified atom stereocenters. The summed E-state index contributed by atoms with van der Waals surface area (Å²) in [5, 5.41) is 9.16. The van der Waals surface area contributed by atoms with E-state index in [9.17, 15) is 26.4 Å². The van der Waals surface area contributed by atoms with Crippen molar-refractivity contribution in [2.75, 3.05) is 7.11 Å². The Kier molecular flexibility index (Phi) is 5.97. The van der Waals surface area contributed by atoms with Crippen molar-refractivity contribution in [3.8, 4) is 17.7 Å². The Balaban J connectivity index is 2.33. The van der Waals surface area contributed by atoms with Gasteiger partial charge in [0, 0.05) is 23.4 Å². The van der Waals surface area contributed by atoms with Crippen molar-refractivity contribution in [2.24, 2.45) is 10.9 Å². The first-order valence-corrected chi connectivity index (χ1v) is 10.5. The number of nitrogens with zero attached hydrogens (tertiary/aromatic N) is 3. The van der Waals surface area contributed by atoms with E-state index in [0.29, 0.717) is 11.3 Å². The van der Waals surface area contributed by atoms with E-state index in [1.165, 1.54) is 38.3 Å². The zero-order valence-corrected chi connectivity index (χ0v) is 17.8. The van der Waals surface area contributed by atoms with Crippen molar-refractivity contribution in [1.82, 2.24) is 4.98 Å². The summed E-state index contributed by atoms with van der Waals surface area (Å²) in [4.78, 5) is 20.5. The largest absolute Gasteiger partial charge is 0.534 e. The number of fused-ring (bicyclic) bond motifs is 1. The highest BCUT2D eigenvalue weighted by Gasteiger charge is 2.50. The number of rotatable bonds is 5. The van der Waals surface area contributed by atoms with Crippen LogP contribution in [0.15, 0.2) is 35.5 Å². The molecule has 2 heterocycles. The van der Waals surface area contributed by atoms with Gasteiger partial charge in [0.15, 0.2) is 0 Å². The minimum atomic E-state index is -6.04. The zero-order valence-electron chi connectivity index (χ0n) is 17.0. The normalized spacial score (nSPS) is 18.2. The SMILES string of the molecule is COc1cc(C#N)ccc1C1c2c(ccnc2OS(=O)(=O)C(F)(F)F)N=C(C)C1C(C)=O. The van der Waals surface area contributed by atoms with Gasteiger partial charge in [0.2, 0.25) is 5.88 Å². The van der Waals surface area contributed by atoms with Gasteiger partial charge in [-0.15, -0.1) is 0 Å².